The highest BCUT2D eigenvalue weighted by Gasteiger charge is 2.18. The van der Waals surface area contributed by atoms with Gasteiger partial charge in [0.2, 0.25) is 5.91 Å². The van der Waals surface area contributed by atoms with Crippen molar-refractivity contribution >= 4 is 23.4 Å². The maximum Gasteiger partial charge on any atom is 0.344 e. The van der Waals surface area contributed by atoms with Crippen LogP contribution in [-0.2, 0) is 29.2 Å². The molecule has 0 saturated heterocycles. The minimum absolute atomic E-state index is 0.0637. The number of aliphatic carboxylic acids is 1. The van der Waals surface area contributed by atoms with Gasteiger partial charge in [-0.05, 0) is 44.0 Å². The van der Waals surface area contributed by atoms with Crippen LogP contribution in [-0.4, -0.2) is 45.3 Å². The third-order valence-electron chi connectivity index (χ3n) is 5.65. The van der Waals surface area contributed by atoms with Crippen LogP contribution in [0, 0.1) is 0 Å². The first-order chi connectivity index (χ1) is 18.6. The van der Waals surface area contributed by atoms with Gasteiger partial charge in [-0.3, -0.25) is 14.2 Å². The summed E-state index contributed by atoms with van der Waals surface area (Å²) in [5.74, 6) is -1.21. The van der Waals surface area contributed by atoms with Crippen LogP contribution in [0.4, 0.5) is 11.5 Å². The van der Waals surface area contributed by atoms with Gasteiger partial charge in [-0.25, -0.2) is 9.78 Å². The molecule has 8 N–H and O–H groups in total. The second kappa shape index (κ2) is 13.4. The van der Waals surface area contributed by atoms with E-state index in [-0.39, 0.29) is 42.3 Å². The molecule has 1 atom stereocenters. The maximum atomic E-state index is 13.4. The van der Waals surface area contributed by atoms with E-state index in [0.717, 1.165) is 11.1 Å². The number of nitrogens with two attached hydrogens (primary N) is 2. The second-order valence-electron chi connectivity index (χ2n) is 9.30. The van der Waals surface area contributed by atoms with Crippen LogP contribution in [0.25, 0.3) is 11.3 Å². The van der Waals surface area contributed by atoms with Gasteiger partial charge in [-0.15, -0.1) is 0 Å². The van der Waals surface area contributed by atoms with E-state index in [9.17, 15) is 19.5 Å². The highest BCUT2D eigenvalue weighted by atomic mass is 16.5. The average Bonchev–Trinajstić information content (AvgIpc) is 2.88. The van der Waals surface area contributed by atoms with Crippen molar-refractivity contribution in [2.45, 2.75) is 52.6 Å². The summed E-state index contributed by atoms with van der Waals surface area (Å²) in [4.78, 5) is 41.8. The van der Waals surface area contributed by atoms with Crippen LogP contribution >= 0.6 is 0 Å². The van der Waals surface area contributed by atoms with E-state index in [2.05, 4.69) is 20.9 Å². The quantitative estimate of drug-likeness (QED) is 0.138. The number of amides is 1. The Morgan fingerprint density at radius 1 is 1.08 bits per heavy atom. The molecule has 12 nitrogen and oxygen atoms in total. The number of nitrogens with one attached hydrogen (secondary N) is 3. The predicted octanol–water partition coefficient (Wildman–Crippen LogP) is 1.49. The molecule has 1 heterocycles. The molecule has 0 bridgehead atoms. The summed E-state index contributed by atoms with van der Waals surface area (Å²) in [6.07, 6.45) is 0.349. The first-order valence-electron chi connectivity index (χ1n) is 12.5. The molecule has 208 valence electrons. The van der Waals surface area contributed by atoms with Gasteiger partial charge in [0, 0.05) is 43.1 Å². The van der Waals surface area contributed by atoms with Gasteiger partial charge in [-0.1, -0.05) is 24.3 Å². The molecule has 1 unspecified atom stereocenters. The zero-order valence-corrected chi connectivity index (χ0v) is 22.2. The van der Waals surface area contributed by atoms with E-state index in [1.54, 1.807) is 12.1 Å². The van der Waals surface area contributed by atoms with Crippen molar-refractivity contribution in [3.63, 3.8) is 0 Å². The lowest BCUT2D eigenvalue weighted by Gasteiger charge is -2.17. The van der Waals surface area contributed by atoms with Gasteiger partial charge in [0.1, 0.15) is 12.3 Å². The minimum atomic E-state index is -1.14. The summed E-state index contributed by atoms with van der Waals surface area (Å²) in [5.41, 5.74) is 14.0. The van der Waals surface area contributed by atoms with Gasteiger partial charge >= 0.3 is 5.97 Å². The van der Waals surface area contributed by atoms with Crippen LogP contribution in [0.15, 0.2) is 53.5 Å². The lowest BCUT2D eigenvalue weighted by atomic mass is 10.1. The minimum Gasteiger partial charge on any atom is -0.479 e. The molecule has 0 aliphatic heterocycles. The third kappa shape index (κ3) is 8.28. The zero-order valence-electron chi connectivity index (χ0n) is 22.2. The fraction of sp³-hybridized carbons (Fsp3) is 0.333. The predicted molar refractivity (Wildman–Crippen MR) is 149 cm³/mol. The van der Waals surface area contributed by atoms with Gasteiger partial charge in [-0.2, -0.15) is 0 Å². The Kier molecular flexibility index (Phi) is 10.0. The number of carbonyl (C=O) groups is 2. The Balaban J connectivity index is 1.88. The zero-order chi connectivity index (χ0) is 28.5. The molecule has 0 aliphatic carbocycles. The van der Waals surface area contributed by atoms with Crippen LogP contribution in [0.5, 0.6) is 5.75 Å². The SMILES string of the molecule is CC(C)Nc1ncc(-c2cc(N)cc(OC(C)C(=O)O)c2)n(CC(=O)NCc2ccc(CNCN)cc2)c1=O. The molecule has 1 aromatic heterocycles. The second-order valence-corrected chi connectivity index (χ2v) is 9.30. The Hall–Kier alpha value is -4.42. The van der Waals surface area contributed by atoms with Crippen molar-refractivity contribution in [2.75, 3.05) is 17.7 Å². The molecule has 3 rings (SSSR count). The normalized spacial score (nSPS) is 11.7. The number of hydrogen-bond donors (Lipinski definition) is 6. The topological polar surface area (TPSA) is 187 Å². The molecular formula is C27H35N7O5. The largest absolute Gasteiger partial charge is 0.479 e. The average molecular weight is 538 g/mol. The van der Waals surface area contributed by atoms with Gasteiger partial charge in [0.15, 0.2) is 11.9 Å². The Morgan fingerprint density at radius 3 is 2.36 bits per heavy atom. The fourth-order valence-corrected chi connectivity index (χ4v) is 3.73. The Morgan fingerprint density at radius 2 is 1.74 bits per heavy atom. The number of carbonyl (C=O) groups excluding carboxylic acids is 1. The van der Waals surface area contributed by atoms with Gasteiger partial charge < -0.3 is 37.3 Å². The number of nitrogens with zero attached hydrogens (tertiary/aromatic N) is 2. The van der Waals surface area contributed by atoms with E-state index in [1.807, 2.05) is 38.1 Å². The number of carboxylic acids is 1. The van der Waals surface area contributed by atoms with Crippen molar-refractivity contribution < 1.29 is 19.4 Å². The molecule has 0 radical (unpaired) electrons. The van der Waals surface area contributed by atoms with Crippen molar-refractivity contribution in [1.29, 1.82) is 0 Å². The first kappa shape index (κ1) is 29.1. The van der Waals surface area contributed by atoms with Crippen molar-refractivity contribution in [3.05, 3.63) is 70.1 Å². The third-order valence-corrected chi connectivity index (χ3v) is 5.65. The molecule has 2 aromatic carbocycles. The summed E-state index contributed by atoms with van der Waals surface area (Å²) in [6.45, 7) is 6.16. The monoisotopic (exact) mass is 537 g/mol. The van der Waals surface area contributed by atoms with Crippen LogP contribution in [0.2, 0.25) is 0 Å². The van der Waals surface area contributed by atoms with E-state index < -0.39 is 17.6 Å². The van der Waals surface area contributed by atoms with E-state index in [4.69, 9.17) is 16.2 Å². The lowest BCUT2D eigenvalue weighted by Crippen LogP contribution is -2.35. The molecule has 0 spiro atoms. The summed E-state index contributed by atoms with van der Waals surface area (Å²) in [6, 6.07) is 12.3. The number of rotatable bonds is 13. The van der Waals surface area contributed by atoms with E-state index in [0.29, 0.717) is 24.5 Å². The van der Waals surface area contributed by atoms with Crippen molar-refractivity contribution in [3.8, 4) is 17.0 Å². The number of hydrogen-bond acceptors (Lipinski definition) is 9. The van der Waals surface area contributed by atoms with Crippen molar-refractivity contribution in [2.24, 2.45) is 5.73 Å². The van der Waals surface area contributed by atoms with Crippen LogP contribution in [0.3, 0.4) is 0 Å². The molecule has 1 amide bonds. The lowest BCUT2D eigenvalue weighted by molar-refractivity contribution is -0.144. The number of benzene rings is 2. The van der Waals surface area contributed by atoms with Crippen LogP contribution in [0.1, 0.15) is 31.9 Å². The smallest absolute Gasteiger partial charge is 0.344 e. The van der Waals surface area contributed by atoms with E-state index in [1.165, 1.54) is 23.8 Å². The molecule has 12 heteroatoms. The standard InChI is InChI=1S/C27H35N7O5/c1-16(2)33-25-26(36)34(14-24(35)31-12-19-6-4-18(5-7-19)11-30-15-28)23(13-32-25)20-8-21(29)10-22(9-20)39-17(3)27(37)38/h4-10,13,16-17,30H,11-12,14-15,28-29H2,1-3H3,(H,31,35)(H,32,33)(H,37,38). The van der Waals surface area contributed by atoms with Gasteiger partial charge in [0.25, 0.3) is 5.56 Å². The molecular weight excluding hydrogens is 502 g/mol. The van der Waals surface area contributed by atoms with Gasteiger partial charge in [0.05, 0.1) is 11.9 Å². The number of ether oxygens (including phenoxy) is 1. The number of aromatic nitrogens is 2. The summed E-state index contributed by atoms with van der Waals surface area (Å²) in [7, 11) is 0. The Bertz CT molecular complexity index is 1360. The number of nitrogen functional groups attached to an aromatic ring is 1. The highest BCUT2D eigenvalue weighted by molar-refractivity contribution is 5.77. The molecule has 0 saturated carbocycles. The van der Waals surface area contributed by atoms with Crippen molar-refractivity contribution in [1.82, 2.24) is 20.2 Å². The highest BCUT2D eigenvalue weighted by Crippen LogP contribution is 2.27. The fourth-order valence-electron chi connectivity index (χ4n) is 3.73. The molecule has 3 aromatic rings. The van der Waals surface area contributed by atoms with E-state index >= 15 is 0 Å². The summed E-state index contributed by atoms with van der Waals surface area (Å²) >= 11 is 0. The Labute approximate surface area is 226 Å². The summed E-state index contributed by atoms with van der Waals surface area (Å²) < 4.78 is 6.77. The number of anilines is 2. The maximum absolute atomic E-state index is 13.4. The van der Waals surface area contributed by atoms with Crippen LogP contribution < -0.4 is 37.7 Å². The molecule has 39 heavy (non-hydrogen) atoms. The first-order valence-corrected chi connectivity index (χ1v) is 12.5. The summed E-state index contributed by atoms with van der Waals surface area (Å²) in [5, 5.41) is 18.1. The molecule has 0 aliphatic rings. The molecule has 0 fully saturated rings. The number of carboxylic acid groups (broad SMARTS) is 1.